The van der Waals surface area contributed by atoms with Crippen molar-refractivity contribution in [3.63, 3.8) is 0 Å². The maximum Gasteiger partial charge on any atom is 0.248 e. The molecule has 1 aliphatic heterocycles. The molecular formula is C29H35N3O6S. The van der Waals surface area contributed by atoms with E-state index >= 15 is 0 Å². The second-order valence-electron chi connectivity index (χ2n) is 9.88. The lowest BCUT2D eigenvalue weighted by atomic mass is 9.97. The van der Waals surface area contributed by atoms with E-state index in [0.29, 0.717) is 35.7 Å². The highest BCUT2D eigenvalue weighted by atomic mass is 32.2. The van der Waals surface area contributed by atoms with Crippen LogP contribution in [0.25, 0.3) is 12.2 Å². The highest BCUT2D eigenvalue weighted by Crippen LogP contribution is 2.31. The average Bonchev–Trinajstić information content (AvgIpc) is 3.28. The Morgan fingerprint density at radius 1 is 0.974 bits per heavy atom. The Hall–Kier alpha value is -3.63. The summed E-state index contributed by atoms with van der Waals surface area (Å²) in [6.07, 6.45) is 4.32. The SMILES string of the molecule is COc1cc(NC(=O)C2CCN(S(=O)(=O)c3c(C)noc3/C=C/c3c(C)cc(C)cc3C)CC2)cc(OC)c1. The van der Waals surface area contributed by atoms with Crippen LogP contribution in [-0.4, -0.2) is 51.1 Å². The van der Waals surface area contributed by atoms with E-state index < -0.39 is 10.0 Å². The van der Waals surface area contributed by atoms with Gasteiger partial charge in [-0.15, -0.1) is 0 Å². The van der Waals surface area contributed by atoms with Crippen molar-refractivity contribution in [3.8, 4) is 11.5 Å². The molecule has 0 saturated carbocycles. The molecule has 0 unspecified atom stereocenters. The van der Waals surface area contributed by atoms with Gasteiger partial charge < -0.3 is 19.3 Å². The van der Waals surface area contributed by atoms with E-state index in [0.717, 1.165) is 16.7 Å². The van der Waals surface area contributed by atoms with Crippen LogP contribution in [0.3, 0.4) is 0 Å². The number of aryl methyl sites for hydroxylation is 4. The van der Waals surface area contributed by atoms with Crippen LogP contribution in [-0.2, 0) is 14.8 Å². The number of nitrogens with zero attached hydrogens (tertiary/aromatic N) is 2. The van der Waals surface area contributed by atoms with Crippen molar-refractivity contribution in [1.29, 1.82) is 0 Å². The van der Waals surface area contributed by atoms with E-state index in [1.807, 2.05) is 26.8 Å². The van der Waals surface area contributed by atoms with Crippen LogP contribution in [0, 0.1) is 33.6 Å². The van der Waals surface area contributed by atoms with Gasteiger partial charge in [0.15, 0.2) is 10.7 Å². The van der Waals surface area contributed by atoms with Gasteiger partial charge >= 0.3 is 0 Å². The minimum Gasteiger partial charge on any atom is -0.497 e. The van der Waals surface area contributed by atoms with Crippen molar-refractivity contribution >= 4 is 33.8 Å². The summed E-state index contributed by atoms with van der Waals surface area (Å²) >= 11 is 0. The number of amides is 1. The zero-order valence-corrected chi connectivity index (χ0v) is 24.0. The van der Waals surface area contributed by atoms with Crippen molar-refractivity contribution in [3.05, 3.63) is 64.0 Å². The molecule has 2 aromatic carbocycles. The molecule has 0 aliphatic carbocycles. The first-order chi connectivity index (χ1) is 18.5. The molecule has 0 atom stereocenters. The monoisotopic (exact) mass is 553 g/mol. The number of carbonyl (C=O) groups excluding carboxylic acids is 1. The molecule has 3 aromatic rings. The quantitative estimate of drug-likeness (QED) is 0.411. The number of hydrogen-bond donors (Lipinski definition) is 1. The lowest BCUT2D eigenvalue weighted by molar-refractivity contribution is -0.120. The molecule has 9 nitrogen and oxygen atoms in total. The summed E-state index contributed by atoms with van der Waals surface area (Å²) in [6, 6.07) is 9.31. The van der Waals surface area contributed by atoms with Crippen LogP contribution in [0.2, 0.25) is 0 Å². The van der Waals surface area contributed by atoms with Gasteiger partial charge in [-0.05, 0) is 63.3 Å². The number of piperidine rings is 1. The largest absolute Gasteiger partial charge is 0.497 e. The lowest BCUT2D eigenvalue weighted by Gasteiger charge is -2.30. The standard InChI is InChI=1S/C29H35N3O6S/c1-18-13-19(2)26(20(3)14-18)7-8-27-28(21(4)31-38-27)39(34,35)32-11-9-22(10-12-32)29(33)30-23-15-24(36-5)17-25(16-23)37-6/h7-8,13-17,22H,9-12H2,1-6H3,(H,30,33)/b8-7+. The van der Waals surface area contributed by atoms with Crippen molar-refractivity contribution in [1.82, 2.24) is 9.46 Å². The number of anilines is 1. The minimum atomic E-state index is -3.88. The number of ether oxygens (including phenoxy) is 2. The Balaban J connectivity index is 1.47. The number of methoxy groups -OCH3 is 2. The highest BCUT2D eigenvalue weighted by molar-refractivity contribution is 7.89. The summed E-state index contributed by atoms with van der Waals surface area (Å²) in [4.78, 5) is 13.0. The van der Waals surface area contributed by atoms with Gasteiger partial charge in [-0.2, -0.15) is 4.31 Å². The molecule has 1 fully saturated rings. The van der Waals surface area contributed by atoms with E-state index in [9.17, 15) is 13.2 Å². The molecule has 10 heteroatoms. The third kappa shape index (κ3) is 6.17. The van der Waals surface area contributed by atoms with E-state index in [1.165, 1.54) is 9.87 Å². The minimum absolute atomic E-state index is 0.0625. The van der Waals surface area contributed by atoms with Crippen molar-refractivity contribution < 1.29 is 27.2 Å². The first kappa shape index (κ1) is 28.4. The molecule has 1 aromatic heterocycles. The predicted octanol–water partition coefficient (Wildman–Crippen LogP) is 5.14. The summed E-state index contributed by atoms with van der Waals surface area (Å²) < 4.78 is 44.7. The van der Waals surface area contributed by atoms with Crippen LogP contribution in [0.5, 0.6) is 11.5 Å². The number of benzene rings is 2. The summed E-state index contributed by atoms with van der Waals surface area (Å²) in [5.74, 6) is 0.818. The molecule has 39 heavy (non-hydrogen) atoms. The molecule has 0 bridgehead atoms. The third-order valence-electron chi connectivity index (χ3n) is 7.01. The normalized spacial score (nSPS) is 15.0. The number of rotatable bonds is 8. The maximum atomic E-state index is 13.7. The zero-order chi connectivity index (χ0) is 28.3. The Morgan fingerprint density at radius 2 is 1.56 bits per heavy atom. The fourth-order valence-electron chi connectivity index (χ4n) is 5.02. The zero-order valence-electron chi connectivity index (χ0n) is 23.2. The summed E-state index contributed by atoms with van der Waals surface area (Å²) in [5, 5.41) is 6.85. The van der Waals surface area contributed by atoms with Gasteiger partial charge in [-0.3, -0.25) is 4.79 Å². The molecule has 1 amide bonds. The van der Waals surface area contributed by atoms with E-state index in [-0.39, 0.29) is 35.6 Å². The van der Waals surface area contributed by atoms with Crippen LogP contribution in [0.1, 0.15) is 46.5 Å². The van der Waals surface area contributed by atoms with Crippen molar-refractivity contribution in [2.45, 2.75) is 45.4 Å². The number of nitrogens with one attached hydrogen (secondary N) is 1. The molecule has 208 valence electrons. The van der Waals surface area contributed by atoms with Gasteiger partial charge in [-0.1, -0.05) is 28.9 Å². The molecule has 0 radical (unpaired) electrons. The molecule has 1 aliphatic rings. The molecule has 1 saturated heterocycles. The van der Waals surface area contributed by atoms with Crippen molar-refractivity contribution in [2.75, 3.05) is 32.6 Å². The van der Waals surface area contributed by atoms with Gasteiger partial charge in [0, 0.05) is 42.9 Å². The van der Waals surface area contributed by atoms with Gasteiger partial charge in [-0.25, -0.2) is 8.42 Å². The fourth-order valence-corrected chi connectivity index (χ4v) is 6.74. The number of aromatic nitrogens is 1. The predicted molar refractivity (Wildman–Crippen MR) is 150 cm³/mol. The first-order valence-corrected chi connectivity index (χ1v) is 14.2. The Labute approximate surface area is 229 Å². The molecular weight excluding hydrogens is 518 g/mol. The van der Waals surface area contributed by atoms with E-state index in [2.05, 4.69) is 22.6 Å². The molecule has 4 rings (SSSR count). The van der Waals surface area contributed by atoms with Crippen LogP contribution in [0.15, 0.2) is 39.8 Å². The summed E-state index contributed by atoms with van der Waals surface area (Å²) in [7, 11) is -0.794. The second kappa shape index (κ2) is 11.6. The summed E-state index contributed by atoms with van der Waals surface area (Å²) in [5.41, 5.74) is 5.23. The van der Waals surface area contributed by atoms with Crippen LogP contribution in [0.4, 0.5) is 5.69 Å². The Kier molecular flexibility index (Phi) is 8.46. The second-order valence-corrected chi connectivity index (χ2v) is 11.8. The molecule has 1 N–H and O–H groups in total. The fraction of sp³-hybridized carbons (Fsp3) is 0.379. The average molecular weight is 554 g/mol. The topological polar surface area (TPSA) is 111 Å². The molecule has 2 heterocycles. The van der Waals surface area contributed by atoms with Crippen LogP contribution < -0.4 is 14.8 Å². The maximum absolute atomic E-state index is 13.7. The Bertz CT molecular complexity index is 1460. The highest BCUT2D eigenvalue weighted by Gasteiger charge is 2.36. The Morgan fingerprint density at radius 3 is 2.13 bits per heavy atom. The lowest BCUT2D eigenvalue weighted by Crippen LogP contribution is -2.41. The number of hydrogen-bond acceptors (Lipinski definition) is 7. The smallest absolute Gasteiger partial charge is 0.248 e. The number of sulfonamides is 1. The van der Waals surface area contributed by atoms with E-state index in [1.54, 1.807) is 45.4 Å². The van der Waals surface area contributed by atoms with Gasteiger partial charge in [0.25, 0.3) is 0 Å². The first-order valence-electron chi connectivity index (χ1n) is 12.8. The van der Waals surface area contributed by atoms with E-state index in [4.69, 9.17) is 14.0 Å². The molecule has 0 spiro atoms. The van der Waals surface area contributed by atoms with Crippen molar-refractivity contribution in [2.24, 2.45) is 5.92 Å². The third-order valence-corrected chi connectivity index (χ3v) is 9.07. The summed E-state index contributed by atoms with van der Waals surface area (Å²) in [6.45, 7) is 8.14. The van der Waals surface area contributed by atoms with Gasteiger partial charge in [0.05, 0.1) is 14.2 Å². The van der Waals surface area contributed by atoms with Gasteiger partial charge in [0.1, 0.15) is 17.2 Å². The number of carbonyl (C=O) groups is 1. The van der Waals surface area contributed by atoms with Gasteiger partial charge in [0.2, 0.25) is 15.9 Å². The van der Waals surface area contributed by atoms with Crippen LogP contribution >= 0.6 is 0 Å².